The highest BCUT2D eigenvalue weighted by atomic mass is 19.1. The first kappa shape index (κ1) is 16.0. The first-order chi connectivity index (χ1) is 10.5. The fourth-order valence-electron chi connectivity index (χ4n) is 2.48. The Kier molecular flexibility index (Phi) is 5.16. The van der Waals surface area contributed by atoms with Gasteiger partial charge in [-0.25, -0.2) is 4.39 Å². The maximum atomic E-state index is 13.1. The average Bonchev–Trinajstić information content (AvgIpc) is 2.50. The first-order valence-corrected chi connectivity index (χ1v) is 7.39. The molecule has 0 N–H and O–H groups in total. The van der Waals surface area contributed by atoms with Gasteiger partial charge in [-0.1, -0.05) is 54.6 Å². The molecule has 0 amide bonds. The van der Waals surface area contributed by atoms with E-state index in [0.29, 0.717) is 0 Å². The summed E-state index contributed by atoms with van der Waals surface area (Å²) in [6.07, 6.45) is 2.05. The lowest BCUT2D eigenvalue weighted by molar-refractivity contribution is 0.474. The van der Waals surface area contributed by atoms with E-state index in [9.17, 15) is 4.39 Å². The molecule has 114 valence electrons. The molecule has 0 saturated heterocycles. The Morgan fingerprint density at radius 2 is 1.59 bits per heavy atom. The second-order valence-electron chi connectivity index (χ2n) is 5.51. The third-order valence-corrected chi connectivity index (χ3v) is 3.69. The molecular formula is C20H22FN. The van der Waals surface area contributed by atoms with Gasteiger partial charge in [0.25, 0.3) is 0 Å². The molecule has 0 aliphatic rings. The minimum absolute atomic E-state index is 0.211. The number of hydrogen-bond donors (Lipinski definition) is 0. The van der Waals surface area contributed by atoms with Gasteiger partial charge in [-0.15, -0.1) is 0 Å². The third kappa shape index (κ3) is 3.85. The topological polar surface area (TPSA) is 3.24 Å². The lowest BCUT2D eigenvalue weighted by atomic mass is 10.1. The standard InChI is InChI=1S/C20H22FN/c1-5-20(18-10-12-19(21)13-11-18)22(4)14-16-6-8-17(9-7-16)15(2)3/h5-13H,2,14H2,1,3-4H3/b20-5-. The Labute approximate surface area is 132 Å². The number of halogens is 1. The molecule has 1 nitrogen and oxygen atoms in total. The second-order valence-corrected chi connectivity index (χ2v) is 5.51. The Bertz CT molecular complexity index is 666. The molecule has 0 saturated carbocycles. The highest BCUT2D eigenvalue weighted by Crippen LogP contribution is 2.21. The lowest BCUT2D eigenvalue weighted by Gasteiger charge is -2.23. The number of rotatable bonds is 5. The van der Waals surface area contributed by atoms with Gasteiger partial charge in [-0.05, 0) is 42.7 Å². The minimum Gasteiger partial charge on any atom is -0.370 e. The van der Waals surface area contributed by atoms with Crippen molar-refractivity contribution in [3.8, 4) is 0 Å². The fraction of sp³-hybridized carbons (Fsp3) is 0.200. The van der Waals surface area contributed by atoms with E-state index in [1.165, 1.54) is 17.7 Å². The summed E-state index contributed by atoms with van der Waals surface area (Å²) in [6, 6.07) is 15.0. The Morgan fingerprint density at radius 1 is 1.05 bits per heavy atom. The molecule has 2 rings (SSSR count). The summed E-state index contributed by atoms with van der Waals surface area (Å²) in [7, 11) is 2.05. The molecule has 0 bridgehead atoms. The van der Waals surface area contributed by atoms with E-state index in [1.807, 2.05) is 33.0 Å². The van der Waals surface area contributed by atoms with E-state index < -0.39 is 0 Å². The van der Waals surface area contributed by atoms with Crippen LogP contribution >= 0.6 is 0 Å². The van der Waals surface area contributed by atoms with E-state index in [4.69, 9.17) is 0 Å². The van der Waals surface area contributed by atoms with E-state index >= 15 is 0 Å². The van der Waals surface area contributed by atoms with Gasteiger partial charge in [0, 0.05) is 19.3 Å². The maximum Gasteiger partial charge on any atom is 0.123 e. The van der Waals surface area contributed by atoms with Crippen LogP contribution in [0.5, 0.6) is 0 Å². The van der Waals surface area contributed by atoms with Crippen molar-refractivity contribution in [2.45, 2.75) is 20.4 Å². The van der Waals surface area contributed by atoms with Crippen LogP contribution in [0.25, 0.3) is 11.3 Å². The van der Waals surface area contributed by atoms with Crippen LogP contribution in [0.3, 0.4) is 0 Å². The zero-order valence-electron chi connectivity index (χ0n) is 13.4. The van der Waals surface area contributed by atoms with Crippen LogP contribution in [0, 0.1) is 5.82 Å². The predicted molar refractivity (Wildman–Crippen MR) is 92.7 cm³/mol. The first-order valence-electron chi connectivity index (χ1n) is 7.39. The van der Waals surface area contributed by atoms with Gasteiger partial charge < -0.3 is 4.90 Å². The molecule has 0 heterocycles. The van der Waals surface area contributed by atoms with Gasteiger partial charge in [0.1, 0.15) is 5.82 Å². The molecular weight excluding hydrogens is 273 g/mol. The van der Waals surface area contributed by atoms with Crippen molar-refractivity contribution < 1.29 is 4.39 Å². The fourth-order valence-corrected chi connectivity index (χ4v) is 2.48. The van der Waals surface area contributed by atoms with Gasteiger partial charge in [0.15, 0.2) is 0 Å². The van der Waals surface area contributed by atoms with Gasteiger partial charge in [-0.3, -0.25) is 0 Å². The summed E-state index contributed by atoms with van der Waals surface area (Å²) >= 11 is 0. The third-order valence-electron chi connectivity index (χ3n) is 3.69. The van der Waals surface area contributed by atoms with Crippen LogP contribution in [-0.4, -0.2) is 11.9 Å². The summed E-state index contributed by atoms with van der Waals surface area (Å²) in [5.74, 6) is -0.211. The molecule has 0 aliphatic carbocycles. The van der Waals surface area contributed by atoms with Crippen LogP contribution in [-0.2, 0) is 6.54 Å². The van der Waals surface area contributed by atoms with Crippen LogP contribution < -0.4 is 0 Å². The number of nitrogens with zero attached hydrogens (tertiary/aromatic N) is 1. The van der Waals surface area contributed by atoms with Gasteiger partial charge in [-0.2, -0.15) is 0 Å². The largest absolute Gasteiger partial charge is 0.370 e. The molecule has 0 spiro atoms. The van der Waals surface area contributed by atoms with E-state index in [2.05, 4.69) is 41.8 Å². The van der Waals surface area contributed by atoms with Crippen molar-refractivity contribution >= 4 is 11.3 Å². The van der Waals surface area contributed by atoms with Gasteiger partial charge in [0.05, 0.1) is 0 Å². The minimum atomic E-state index is -0.211. The number of allylic oxidation sites excluding steroid dienone is 2. The van der Waals surface area contributed by atoms with Crippen LogP contribution in [0.2, 0.25) is 0 Å². The Morgan fingerprint density at radius 3 is 2.09 bits per heavy atom. The zero-order valence-corrected chi connectivity index (χ0v) is 13.4. The predicted octanol–water partition coefficient (Wildman–Crippen LogP) is 5.35. The SMILES string of the molecule is C=C(C)c1ccc(CN(C)/C(=C\C)c2ccc(F)cc2)cc1. The molecule has 0 aromatic heterocycles. The maximum absolute atomic E-state index is 13.1. The van der Waals surface area contributed by atoms with Crippen LogP contribution in [0.4, 0.5) is 4.39 Å². The molecule has 2 aromatic carbocycles. The van der Waals surface area contributed by atoms with E-state index in [0.717, 1.165) is 28.9 Å². The average molecular weight is 295 g/mol. The van der Waals surface area contributed by atoms with Crippen molar-refractivity contribution in [3.63, 3.8) is 0 Å². The lowest BCUT2D eigenvalue weighted by Crippen LogP contribution is -2.16. The van der Waals surface area contributed by atoms with Gasteiger partial charge >= 0.3 is 0 Å². The van der Waals surface area contributed by atoms with Crippen LogP contribution in [0.15, 0.2) is 61.2 Å². The normalized spacial score (nSPS) is 11.4. The summed E-state index contributed by atoms with van der Waals surface area (Å²) in [6.45, 7) is 8.76. The van der Waals surface area contributed by atoms with Crippen molar-refractivity contribution in [1.82, 2.24) is 4.90 Å². The summed E-state index contributed by atoms with van der Waals surface area (Å²) in [5.41, 5.74) is 5.57. The summed E-state index contributed by atoms with van der Waals surface area (Å²) in [4.78, 5) is 2.17. The number of hydrogen-bond acceptors (Lipinski definition) is 1. The van der Waals surface area contributed by atoms with Crippen molar-refractivity contribution in [3.05, 3.63) is 83.7 Å². The van der Waals surface area contributed by atoms with Gasteiger partial charge in [0.2, 0.25) is 0 Å². The summed E-state index contributed by atoms with van der Waals surface area (Å²) in [5, 5.41) is 0. The Hall–Kier alpha value is -2.35. The molecule has 0 aliphatic heterocycles. The summed E-state index contributed by atoms with van der Waals surface area (Å²) < 4.78 is 13.1. The molecule has 0 unspecified atom stereocenters. The van der Waals surface area contributed by atoms with Crippen molar-refractivity contribution in [2.24, 2.45) is 0 Å². The highest BCUT2D eigenvalue weighted by molar-refractivity contribution is 5.64. The molecule has 22 heavy (non-hydrogen) atoms. The zero-order chi connectivity index (χ0) is 16.1. The molecule has 0 fully saturated rings. The Balaban J connectivity index is 2.14. The molecule has 2 heteroatoms. The second kappa shape index (κ2) is 7.08. The molecule has 0 atom stereocenters. The van der Waals surface area contributed by atoms with Crippen LogP contribution in [0.1, 0.15) is 30.5 Å². The van der Waals surface area contributed by atoms with E-state index in [1.54, 1.807) is 0 Å². The van der Waals surface area contributed by atoms with Crippen molar-refractivity contribution in [1.29, 1.82) is 0 Å². The number of benzene rings is 2. The molecule has 2 aromatic rings. The quantitative estimate of drug-likeness (QED) is 0.718. The van der Waals surface area contributed by atoms with Crippen molar-refractivity contribution in [2.75, 3.05) is 7.05 Å². The molecule has 0 radical (unpaired) electrons. The monoisotopic (exact) mass is 295 g/mol. The highest BCUT2D eigenvalue weighted by Gasteiger charge is 2.08. The smallest absolute Gasteiger partial charge is 0.123 e. The van der Waals surface area contributed by atoms with E-state index in [-0.39, 0.29) is 5.82 Å².